The average Bonchev–Trinajstić information content (AvgIpc) is 2.18. The zero-order valence-electron chi connectivity index (χ0n) is 8.56. The van der Waals surface area contributed by atoms with E-state index in [0.717, 1.165) is 0 Å². The van der Waals surface area contributed by atoms with Gasteiger partial charge in [-0.2, -0.15) is 0 Å². The minimum absolute atomic E-state index is 0.139. The number of aromatic hydroxyl groups is 1. The Kier molecular flexibility index (Phi) is 2.68. The lowest BCUT2D eigenvalue weighted by atomic mass is 10.1. The highest BCUT2D eigenvalue weighted by atomic mass is 16.6. The van der Waals surface area contributed by atoms with E-state index in [1.54, 1.807) is 13.0 Å². The molecule has 1 aliphatic rings. The third kappa shape index (κ3) is 2.15. The molecule has 1 atom stereocenters. The molecule has 4 nitrogen and oxygen atoms in total. The van der Waals surface area contributed by atoms with Gasteiger partial charge in [0.05, 0.1) is 6.10 Å². The Morgan fingerprint density at radius 3 is 2.47 bits per heavy atom. The first kappa shape index (κ1) is 10.1. The van der Waals surface area contributed by atoms with Crippen molar-refractivity contribution in [2.45, 2.75) is 19.4 Å². The summed E-state index contributed by atoms with van der Waals surface area (Å²) in [5, 5.41) is 18.9. The van der Waals surface area contributed by atoms with Crippen molar-refractivity contribution in [1.29, 1.82) is 0 Å². The maximum Gasteiger partial charge on any atom is 0.165 e. The first-order valence-corrected chi connectivity index (χ1v) is 4.96. The molecule has 4 heteroatoms. The second-order valence-electron chi connectivity index (χ2n) is 3.68. The van der Waals surface area contributed by atoms with Gasteiger partial charge in [0.2, 0.25) is 0 Å². The molecular formula is C11H14O4. The molecule has 1 heterocycles. The maximum absolute atomic E-state index is 9.67. The van der Waals surface area contributed by atoms with E-state index in [2.05, 4.69) is 0 Å². The molecule has 0 bridgehead atoms. The minimum atomic E-state index is -0.488. The summed E-state index contributed by atoms with van der Waals surface area (Å²) in [5.41, 5.74) is 0.675. The number of hydrogen-bond donors (Lipinski definition) is 2. The number of benzene rings is 1. The Labute approximate surface area is 88.1 Å². The number of ether oxygens (including phenoxy) is 2. The van der Waals surface area contributed by atoms with Gasteiger partial charge in [0.15, 0.2) is 11.5 Å². The van der Waals surface area contributed by atoms with Gasteiger partial charge >= 0.3 is 0 Å². The molecule has 0 amide bonds. The predicted molar refractivity (Wildman–Crippen MR) is 54.5 cm³/mol. The van der Waals surface area contributed by atoms with E-state index in [1.165, 1.54) is 6.07 Å². The molecule has 15 heavy (non-hydrogen) atoms. The Balaban J connectivity index is 2.32. The van der Waals surface area contributed by atoms with E-state index >= 15 is 0 Å². The summed E-state index contributed by atoms with van der Waals surface area (Å²) in [6.07, 6.45) is -0.0823. The van der Waals surface area contributed by atoms with Crippen LogP contribution in [0, 0.1) is 0 Å². The number of rotatable bonds is 2. The second kappa shape index (κ2) is 3.98. The smallest absolute Gasteiger partial charge is 0.165 e. The number of phenolic OH excluding ortho intramolecular Hbond substituents is 1. The average molecular weight is 210 g/mol. The zero-order chi connectivity index (χ0) is 10.8. The molecule has 82 valence electrons. The van der Waals surface area contributed by atoms with Gasteiger partial charge in [-0.15, -0.1) is 0 Å². The fraction of sp³-hybridized carbons (Fsp3) is 0.455. The molecule has 0 radical (unpaired) electrons. The van der Waals surface area contributed by atoms with Crippen LogP contribution in [0.1, 0.15) is 12.5 Å². The lowest BCUT2D eigenvalue weighted by Gasteiger charge is -2.20. The molecule has 0 saturated heterocycles. The number of aliphatic hydroxyl groups excluding tert-OH is 1. The summed E-state index contributed by atoms with van der Waals surface area (Å²) >= 11 is 0. The summed E-state index contributed by atoms with van der Waals surface area (Å²) in [6, 6.07) is 3.25. The minimum Gasteiger partial charge on any atom is -0.508 e. The molecule has 0 spiro atoms. The maximum atomic E-state index is 9.67. The standard InChI is InChI=1S/C11H14O4/c1-7(12)4-8-5-10-11(6-9(8)13)15-3-2-14-10/h5-7,12-13H,2-4H2,1H3. The van der Waals surface area contributed by atoms with Crippen molar-refractivity contribution in [3.05, 3.63) is 17.7 Å². The quantitative estimate of drug-likeness (QED) is 0.767. The van der Waals surface area contributed by atoms with E-state index < -0.39 is 6.10 Å². The van der Waals surface area contributed by atoms with Crippen molar-refractivity contribution >= 4 is 0 Å². The molecule has 1 aromatic rings. The van der Waals surface area contributed by atoms with Crippen molar-refractivity contribution in [2.75, 3.05) is 13.2 Å². The van der Waals surface area contributed by atoms with Gasteiger partial charge < -0.3 is 19.7 Å². The van der Waals surface area contributed by atoms with Crippen molar-refractivity contribution in [3.63, 3.8) is 0 Å². The number of phenols is 1. The van der Waals surface area contributed by atoms with E-state index in [4.69, 9.17) is 9.47 Å². The monoisotopic (exact) mass is 210 g/mol. The molecular weight excluding hydrogens is 196 g/mol. The lowest BCUT2D eigenvalue weighted by molar-refractivity contribution is 0.169. The summed E-state index contributed by atoms with van der Waals surface area (Å²) in [6.45, 7) is 2.70. The summed E-state index contributed by atoms with van der Waals surface area (Å²) < 4.78 is 10.7. The third-order valence-electron chi connectivity index (χ3n) is 2.26. The molecule has 2 rings (SSSR count). The molecule has 0 fully saturated rings. The van der Waals surface area contributed by atoms with E-state index in [9.17, 15) is 10.2 Å². The largest absolute Gasteiger partial charge is 0.508 e. The van der Waals surface area contributed by atoms with Crippen molar-refractivity contribution in [3.8, 4) is 17.2 Å². The molecule has 0 aliphatic carbocycles. The van der Waals surface area contributed by atoms with E-state index in [-0.39, 0.29) is 5.75 Å². The van der Waals surface area contributed by atoms with Crippen LogP contribution in [0.3, 0.4) is 0 Å². The normalized spacial score (nSPS) is 16.1. The first-order chi connectivity index (χ1) is 7.16. The van der Waals surface area contributed by atoms with Gasteiger partial charge in [0.25, 0.3) is 0 Å². The van der Waals surface area contributed by atoms with Crippen LogP contribution in [0.4, 0.5) is 0 Å². The van der Waals surface area contributed by atoms with Gasteiger partial charge in [-0.25, -0.2) is 0 Å². The first-order valence-electron chi connectivity index (χ1n) is 4.96. The third-order valence-corrected chi connectivity index (χ3v) is 2.26. The number of aliphatic hydroxyl groups is 1. The van der Waals surface area contributed by atoms with Crippen LogP contribution in [-0.4, -0.2) is 29.5 Å². The summed E-state index contributed by atoms with van der Waals surface area (Å²) in [4.78, 5) is 0. The van der Waals surface area contributed by atoms with Gasteiger partial charge in [-0.05, 0) is 13.0 Å². The molecule has 0 aromatic heterocycles. The van der Waals surface area contributed by atoms with Crippen molar-refractivity contribution in [1.82, 2.24) is 0 Å². The van der Waals surface area contributed by atoms with E-state index in [1.807, 2.05) is 0 Å². The number of fused-ring (bicyclic) bond motifs is 1. The lowest BCUT2D eigenvalue weighted by Crippen LogP contribution is -2.16. The van der Waals surface area contributed by atoms with Crippen LogP contribution >= 0.6 is 0 Å². The van der Waals surface area contributed by atoms with Crippen molar-refractivity contribution in [2.24, 2.45) is 0 Å². The van der Waals surface area contributed by atoms with Crippen molar-refractivity contribution < 1.29 is 19.7 Å². The Morgan fingerprint density at radius 2 is 1.87 bits per heavy atom. The van der Waals surface area contributed by atoms with Crippen LogP contribution < -0.4 is 9.47 Å². The highest BCUT2D eigenvalue weighted by Gasteiger charge is 2.16. The topological polar surface area (TPSA) is 58.9 Å². The van der Waals surface area contributed by atoms with Gasteiger partial charge in [-0.1, -0.05) is 0 Å². The van der Waals surface area contributed by atoms with Crippen LogP contribution in [-0.2, 0) is 6.42 Å². The molecule has 1 unspecified atom stereocenters. The SMILES string of the molecule is CC(O)Cc1cc2c(cc1O)OCCO2. The van der Waals surface area contributed by atoms with Crippen LogP contribution in [0.15, 0.2) is 12.1 Å². The zero-order valence-corrected chi connectivity index (χ0v) is 8.56. The van der Waals surface area contributed by atoms with Gasteiger partial charge in [-0.3, -0.25) is 0 Å². The molecule has 1 aromatic carbocycles. The summed E-state index contributed by atoms with van der Waals surface area (Å²) in [5.74, 6) is 1.34. The van der Waals surface area contributed by atoms with E-state index in [0.29, 0.717) is 36.7 Å². The fourth-order valence-electron chi connectivity index (χ4n) is 1.60. The highest BCUT2D eigenvalue weighted by molar-refractivity contribution is 5.50. The van der Waals surface area contributed by atoms with Crippen LogP contribution in [0.25, 0.3) is 0 Å². The predicted octanol–water partition coefficient (Wildman–Crippen LogP) is 1.09. The second-order valence-corrected chi connectivity index (χ2v) is 3.68. The van der Waals surface area contributed by atoms with Crippen LogP contribution in [0.2, 0.25) is 0 Å². The Hall–Kier alpha value is -1.42. The summed E-state index contributed by atoms with van der Waals surface area (Å²) in [7, 11) is 0. The highest BCUT2D eigenvalue weighted by Crippen LogP contribution is 2.36. The molecule has 2 N–H and O–H groups in total. The van der Waals surface area contributed by atoms with Gasteiger partial charge in [0, 0.05) is 18.1 Å². The Bertz CT molecular complexity index is 360. The van der Waals surface area contributed by atoms with Gasteiger partial charge in [0.1, 0.15) is 19.0 Å². The molecule has 1 aliphatic heterocycles. The Morgan fingerprint density at radius 1 is 1.27 bits per heavy atom. The van der Waals surface area contributed by atoms with Crippen LogP contribution in [0.5, 0.6) is 17.2 Å². The number of hydrogen-bond acceptors (Lipinski definition) is 4. The fourth-order valence-corrected chi connectivity index (χ4v) is 1.60. The molecule has 0 saturated carbocycles.